The molecular weight excluding hydrogens is 502 g/mol. The molecule has 0 saturated heterocycles. The molecule has 3 rings (SSSR count). The van der Waals surface area contributed by atoms with E-state index < -0.39 is 28.5 Å². The van der Waals surface area contributed by atoms with E-state index in [-0.39, 0.29) is 17.3 Å². The first-order chi connectivity index (χ1) is 18.1. The number of methoxy groups -OCH3 is 1. The van der Waals surface area contributed by atoms with E-state index in [1.807, 2.05) is 32.9 Å². The van der Waals surface area contributed by atoms with Crippen LogP contribution in [-0.2, 0) is 26.2 Å². The molecule has 0 aliphatic rings. The topological polar surface area (TPSA) is 96.0 Å². The van der Waals surface area contributed by atoms with E-state index in [2.05, 4.69) is 5.32 Å². The maximum atomic E-state index is 14.0. The van der Waals surface area contributed by atoms with Crippen LogP contribution in [-0.4, -0.2) is 51.9 Å². The largest absolute Gasteiger partial charge is 0.497 e. The number of likely N-dealkylation sites (N-methyl/N-ethyl adjacent to an activating group) is 1. The zero-order valence-electron chi connectivity index (χ0n) is 22.5. The molecule has 3 aromatic rings. The first-order valence-corrected chi connectivity index (χ1v) is 13.8. The molecule has 0 spiro atoms. The molecule has 0 aliphatic carbocycles. The fraction of sp³-hybridized carbons (Fsp3) is 0.310. The summed E-state index contributed by atoms with van der Waals surface area (Å²) >= 11 is 0. The Morgan fingerprint density at radius 2 is 1.61 bits per heavy atom. The predicted octanol–water partition coefficient (Wildman–Crippen LogP) is 4.06. The van der Waals surface area contributed by atoms with Crippen LogP contribution in [0.1, 0.15) is 30.0 Å². The minimum atomic E-state index is -4.09. The monoisotopic (exact) mass is 537 g/mol. The SMILES string of the molecule is CC[C@H](C(=O)NC)N(Cc1cccc(OC)c1)C(=O)CN(c1cc(C)cc(C)c1)S(=O)(=O)c1ccccc1. The van der Waals surface area contributed by atoms with Crippen LogP contribution in [0.4, 0.5) is 5.69 Å². The van der Waals surface area contributed by atoms with Gasteiger partial charge in [-0.2, -0.15) is 0 Å². The van der Waals surface area contributed by atoms with Gasteiger partial charge in [-0.05, 0) is 73.4 Å². The molecule has 3 aromatic carbocycles. The maximum Gasteiger partial charge on any atom is 0.264 e. The second-order valence-corrected chi connectivity index (χ2v) is 10.9. The van der Waals surface area contributed by atoms with Crippen LogP contribution in [0.5, 0.6) is 5.75 Å². The third-order valence-corrected chi connectivity index (χ3v) is 8.01. The van der Waals surface area contributed by atoms with E-state index in [4.69, 9.17) is 4.74 Å². The van der Waals surface area contributed by atoms with Crippen molar-refractivity contribution in [2.24, 2.45) is 0 Å². The van der Waals surface area contributed by atoms with Crippen molar-refractivity contribution >= 4 is 27.5 Å². The molecule has 0 aromatic heterocycles. The molecule has 0 heterocycles. The Kier molecular flexibility index (Phi) is 9.52. The zero-order valence-corrected chi connectivity index (χ0v) is 23.3. The van der Waals surface area contributed by atoms with Gasteiger partial charge in [0.2, 0.25) is 11.8 Å². The molecular formula is C29H35N3O5S. The van der Waals surface area contributed by atoms with Gasteiger partial charge in [-0.25, -0.2) is 8.42 Å². The van der Waals surface area contributed by atoms with Gasteiger partial charge in [0.15, 0.2) is 0 Å². The van der Waals surface area contributed by atoms with Gasteiger partial charge >= 0.3 is 0 Å². The summed E-state index contributed by atoms with van der Waals surface area (Å²) in [4.78, 5) is 28.3. The van der Waals surface area contributed by atoms with Crippen molar-refractivity contribution in [3.63, 3.8) is 0 Å². The van der Waals surface area contributed by atoms with Crippen LogP contribution in [0, 0.1) is 13.8 Å². The number of hydrogen-bond donors (Lipinski definition) is 1. The molecule has 0 fully saturated rings. The molecule has 0 aliphatic heterocycles. The van der Waals surface area contributed by atoms with Crippen LogP contribution in [0.25, 0.3) is 0 Å². The van der Waals surface area contributed by atoms with Gasteiger partial charge in [0.25, 0.3) is 10.0 Å². The second kappa shape index (κ2) is 12.6. The predicted molar refractivity (Wildman–Crippen MR) is 149 cm³/mol. The Morgan fingerprint density at radius 1 is 0.947 bits per heavy atom. The maximum absolute atomic E-state index is 14.0. The molecule has 8 nitrogen and oxygen atoms in total. The lowest BCUT2D eigenvalue weighted by atomic mass is 10.1. The van der Waals surface area contributed by atoms with E-state index in [1.54, 1.807) is 55.6 Å². The highest BCUT2D eigenvalue weighted by Gasteiger charge is 2.33. The number of nitrogens with zero attached hydrogens (tertiary/aromatic N) is 2. The number of nitrogens with one attached hydrogen (secondary N) is 1. The number of amides is 2. The number of anilines is 1. The van der Waals surface area contributed by atoms with E-state index in [1.165, 1.54) is 24.1 Å². The molecule has 9 heteroatoms. The molecule has 0 unspecified atom stereocenters. The summed E-state index contributed by atoms with van der Waals surface area (Å²) in [7, 11) is -1.02. The van der Waals surface area contributed by atoms with Crippen molar-refractivity contribution in [3.8, 4) is 5.75 Å². The summed E-state index contributed by atoms with van der Waals surface area (Å²) in [6.45, 7) is 5.19. The Hall–Kier alpha value is -3.85. The summed E-state index contributed by atoms with van der Waals surface area (Å²) in [6.07, 6.45) is 0.352. The Labute approximate surface area is 225 Å². The van der Waals surface area contributed by atoms with E-state index in [9.17, 15) is 18.0 Å². The first kappa shape index (κ1) is 28.7. The Balaban J connectivity index is 2.08. The summed E-state index contributed by atoms with van der Waals surface area (Å²) < 4.78 is 34.1. The van der Waals surface area contributed by atoms with Gasteiger partial charge in [-0.1, -0.05) is 43.3 Å². The van der Waals surface area contributed by atoms with Crippen molar-refractivity contribution in [1.82, 2.24) is 10.2 Å². The van der Waals surface area contributed by atoms with Gasteiger partial charge in [0.05, 0.1) is 17.7 Å². The fourth-order valence-electron chi connectivity index (χ4n) is 4.40. The van der Waals surface area contributed by atoms with Crippen LogP contribution in [0.2, 0.25) is 0 Å². The minimum absolute atomic E-state index is 0.0737. The molecule has 1 N–H and O–H groups in total. The lowest BCUT2D eigenvalue weighted by molar-refractivity contribution is -0.140. The summed E-state index contributed by atoms with van der Waals surface area (Å²) in [5, 5.41) is 2.63. The minimum Gasteiger partial charge on any atom is -0.497 e. The zero-order chi connectivity index (χ0) is 27.9. The highest BCUT2D eigenvalue weighted by molar-refractivity contribution is 7.92. The van der Waals surface area contributed by atoms with Gasteiger partial charge in [0, 0.05) is 13.6 Å². The number of sulfonamides is 1. The first-order valence-electron chi connectivity index (χ1n) is 12.4. The average Bonchev–Trinajstić information content (AvgIpc) is 2.91. The van der Waals surface area contributed by atoms with Crippen LogP contribution in [0.15, 0.2) is 77.7 Å². The van der Waals surface area contributed by atoms with Crippen molar-refractivity contribution in [2.45, 2.75) is 44.7 Å². The smallest absolute Gasteiger partial charge is 0.264 e. The molecule has 1 atom stereocenters. The van der Waals surface area contributed by atoms with Crippen molar-refractivity contribution < 1.29 is 22.7 Å². The van der Waals surface area contributed by atoms with E-state index in [0.29, 0.717) is 17.9 Å². The van der Waals surface area contributed by atoms with Gasteiger partial charge in [-0.15, -0.1) is 0 Å². The number of ether oxygens (including phenoxy) is 1. The fourth-order valence-corrected chi connectivity index (χ4v) is 5.82. The third kappa shape index (κ3) is 6.72. The lowest BCUT2D eigenvalue weighted by Crippen LogP contribution is -2.51. The number of carbonyl (C=O) groups excluding carboxylic acids is 2. The van der Waals surface area contributed by atoms with Crippen LogP contribution in [0.3, 0.4) is 0 Å². The standard InChI is InChI=1S/C29H35N3O5S/c1-6-27(29(34)30-4)31(19-23-11-10-12-25(18-23)37-5)28(33)20-32(24-16-21(2)15-22(3)17-24)38(35,36)26-13-8-7-9-14-26/h7-18,27H,6,19-20H2,1-5H3,(H,30,34)/t27-/m1/s1. The molecule has 202 valence electrons. The third-order valence-electron chi connectivity index (χ3n) is 6.22. The average molecular weight is 538 g/mol. The second-order valence-electron chi connectivity index (χ2n) is 9.08. The van der Waals surface area contributed by atoms with Crippen molar-refractivity contribution in [2.75, 3.05) is 25.0 Å². The van der Waals surface area contributed by atoms with Crippen LogP contribution < -0.4 is 14.4 Å². The van der Waals surface area contributed by atoms with E-state index >= 15 is 0 Å². The molecule has 0 radical (unpaired) electrons. The van der Waals surface area contributed by atoms with Crippen molar-refractivity contribution in [3.05, 3.63) is 89.5 Å². The van der Waals surface area contributed by atoms with Gasteiger partial charge < -0.3 is 15.0 Å². The normalized spacial score (nSPS) is 11.9. The summed E-state index contributed by atoms with van der Waals surface area (Å²) in [5.41, 5.74) is 2.87. The van der Waals surface area contributed by atoms with Crippen molar-refractivity contribution in [1.29, 1.82) is 0 Å². The van der Waals surface area contributed by atoms with Gasteiger partial charge in [0.1, 0.15) is 18.3 Å². The highest BCUT2D eigenvalue weighted by Crippen LogP contribution is 2.27. The Bertz CT molecular complexity index is 1360. The number of carbonyl (C=O) groups is 2. The molecule has 2 amide bonds. The number of benzene rings is 3. The lowest BCUT2D eigenvalue weighted by Gasteiger charge is -2.33. The molecule has 0 bridgehead atoms. The number of aryl methyl sites for hydroxylation is 2. The number of hydrogen-bond acceptors (Lipinski definition) is 5. The molecule has 38 heavy (non-hydrogen) atoms. The summed E-state index contributed by atoms with van der Waals surface area (Å²) in [6, 6.07) is 19.9. The van der Waals surface area contributed by atoms with Gasteiger partial charge in [-0.3, -0.25) is 13.9 Å². The highest BCUT2D eigenvalue weighted by atomic mass is 32.2. The van der Waals surface area contributed by atoms with E-state index in [0.717, 1.165) is 21.0 Å². The number of rotatable bonds is 11. The Morgan fingerprint density at radius 3 is 2.18 bits per heavy atom. The van der Waals surface area contributed by atoms with Crippen LogP contribution >= 0.6 is 0 Å². The quantitative estimate of drug-likeness (QED) is 0.398. The summed E-state index contributed by atoms with van der Waals surface area (Å²) in [5.74, 6) is -0.207. The molecule has 0 saturated carbocycles.